The largest absolute Gasteiger partial charge is 0.458 e. The summed E-state index contributed by atoms with van der Waals surface area (Å²) < 4.78 is 10.8. The normalized spacial score (nSPS) is 11.7. The average molecular weight is 468 g/mol. The first-order valence-electron chi connectivity index (χ1n) is 10.4. The number of allylic oxidation sites excluding steroid dienone is 1. The molecule has 0 atom stereocenters. The van der Waals surface area contributed by atoms with E-state index < -0.39 is 11.8 Å². The maximum atomic E-state index is 12.2. The summed E-state index contributed by atoms with van der Waals surface area (Å²) in [5, 5.41) is 11.5. The number of nitrogens with one attached hydrogen (secondary N) is 3. The van der Waals surface area contributed by atoms with Crippen LogP contribution in [0.2, 0.25) is 0 Å². The van der Waals surface area contributed by atoms with E-state index in [0.717, 1.165) is 0 Å². The molecule has 1 aromatic heterocycles. The van der Waals surface area contributed by atoms with Crippen LogP contribution < -0.4 is 20.7 Å². The molecule has 0 fully saturated rings. The molecule has 1 aromatic carbocycles. The number of aromatic nitrogens is 1. The van der Waals surface area contributed by atoms with Crippen LogP contribution in [0.1, 0.15) is 39.9 Å². The van der Waals surface area contributed by atoms with Crippen molar-refractivity contribution in [3.05, 3.63) is 60.7 Å². The zero-order valence-corrected chi connectivity index (χ0v) is 19.9. The molecule has 0 bridgehead atoms. The van der Waals surface area contributed by atoms with Gasteiger partial charge in [0.25, 0.3) is 5.91 Å². The van der Waals surface area contributed by atoms with Gasteiger partial charge < -0.3 is 25.2 Å². The molecule has 3 amide bonds. The lowest BCUT2D eigenvalue weighted by atomic mass is 9.93. The highest BCUT2D eigenvalue weighted by Crippen LogP contribution is 2.24. The van der Waals surface area contributed by atoms with Crippen molar-refractivity contribution in [1.29, 1.82) is 0 Å². The molecular weight excluding hydrogens is 438 g/mol. The predicted octanol–water partition coefficient (Wildman–Crippen LogP) is 3.55. The van der Waals surface area contributed by atoms with Gasteiger partial charge in [-0.25, -0.2) is 0 Å². The first kappa shape index (κ1) is 26.0. The van der Waals surface area contributed by atoms with Crippen molar-refractivity contribution in [2.24, 2.45) is 4.99 Å². The smallest absolute Gasteiger partial charge is 0.265 e. The summed E-state index contributed by atoms with van der Waals surface area (Å²) in [6, 6.07) is 8.16. The van der Waals surface area contributed by atoms with Crippen molar-refractivity contribution >= 4 is 34.9 Å². The Balaban J connectivity index is 1.83. The summed E-state index contributed by atoms with van der Waals surface area (Å²) in [5.74, 6) is 0.403. The quantitative estimate of drug-likeness (QED) is 0.223. The molecule has 0 saturated heterocycles. The number of nitrogens with zero attached hydrogens (tertiary/aromatic N) is 2. The summed E-state index contributed by atoms with van der Waals surface area (Å²) >= 11 is 0. The highest BCUT2D eigenvalue weighted by Gasteiger charge is 2.20. The number of hydrogen-bond acceptors (Lipinski definition) is 7. The molecule has 0 aliphatic heterocycles. The average Bonchev–Trinajstić information content (AvgIpc) is 3.23. The fourth-order valence-corrected chi connectivity index (χ4v) is 2.49. The molecule has 2 rings (SSSR count). The van der Waals surface area contributed by atoms with E-state index in [9.17, 15) is 14.4 Å². The number of rotatable bonds is 9. The van der Waals surface area contributed by atoms with Crippen LogP contribution in [0.4, 0.5) is 11.5 Å². The molecule has 2 aromatic rings. The fourth-order valence-electron chi connectivity index (χ4n) is 2.49. The Bertz CT molecular complexity index is 1110. The second-order valence-electron chi connectivity index (χ2n) is 8.30. The lowest BCUT2D eigenvalue weighted by molar-refractivity contribution is -0.123. The minimum absolute atomic E-state index is 0.244. The number of benzene rings is 1. The van der Waals surface area contributed by atoms with E-state index in [-0.39, 0.29) is 23.6 Å². The van der Waals surface area contributed by atoms with Crippen molar-refractivity contribution in [1.82, 2.24) is 10.5 Å². The molecule has 0 radical (unpaired) electrons. The van der Waals surface area contributed by atoms with Crippen molar-refractivity contribution in [2.75, 3.05) is 17.7 Å². The molecule has 10 nitrogen and oxygen atoms in total. The number of carbonyl (C=O) groups is 3. The molecule has 0 unspecified atom stereocenters. The van der Waals surface area contributed by atoms with Crippen LogP contribution in [0.15, 0.2) is 64.5 Å². The molecule has 34 heavy (non-hydrogen) atoms. The van der Waals surface area contributed by atoms with E-state index >= 15 is 0 Å². The summed E-state index contributed by atoms with van der Waals surface area (Å²) in [7, 11) is 1.52. The van der Waals surface area contributed by atoms with Crippen LogP contribution in [0.3, 0.4) is 0 Å². The SMILES string of the molecule is C=C(/C=C\N=C(C)C(=O)NC)Oc1ccc(NC(=O)CC(=O)Nc2cc(C(C)(C)C)on2)cc1. The number of hydrogen-bond donors (Lipinski definition) is 3. The molecule has 0 aliphatic carbocycles. The first-order chi connectivity index (χ1) is 16.0. The van der Waals surface area contributed by atoms with E-state index in [1.54, 1.807) is 37.3 Å². The third-order valence-electron chi connectivity index (χ3n) is 4.31. The predicted molar refractivity (Wildman–Crippen MR) is 130 cm³/mol. The van der Waals surface area contributed by atoms with E-state index in [0.29, 0.717) is 28.7 Å². The van der Waals surface area contributed by atoms with E-state index in [4.69, 9.17) is 9.26 Å². The highest BCUT2D eigenvalue weighted by atomic mass is 16.5. The Hall–Kier alpha value is -4.21. The first-order valence-corrected chi connectivity index (χ1v) is 10.4. The monoisotopic (exact) mass is 467 g/mol. The van der Waals surface area contributed by atoms with Crippen LogP contribution in [-0.4, -0.2) is 35.6 Å². The van der Waals surface area contributed by atoms with Gasteiger partial charge in [0.15, 0.2) is 5.82 Å². The van der Waals surface area contributed by atoms with Gasteiger partial charge in [-0.15, -0.1) is 0 Å². The lowest BCUT2D eigenvalue weighted by Gasteiger charge is -2.12. The Morgan fingerprint density at radius 1 is 1.15 bits per heavy atom. The van der Waals surface area contributed by atoms with Gasteiger partial charge in [0, 0.05) is 30.4 Å². The summed E-state index contributed by atoms with van der Waals surface area (Å²) in [6.07, 6.45) is 2.54. The minimum atomic E-state index is -0.511. The van der Waals surface area contributed by atoms with Gasteiger partial charge in [0.1, 0.15) is 29.4 Å². The molecule has 3 N–H and O–H groups in total. The second-order valence-corrected chi connectivity index (χ2v) is 8.30. The molecule has 10 heteroatoms. The zero-order chi connectivity index (χ0) is 25.3. The van der Waals surface area contributed by atoms with Gasteiger partial charge in [0.2, 0.25) is 11.8 Å². The lowest BCUT2D eigenvalue weighted by Crippen LogP contribution is -2.24. The Labute approximate surface area is 198 Å². The van der Waals surface area contributed by atoms with Crippen molar-refractivity contribution in [3.63, 3.8) is 0 Å². The maximum absolute atomic E-state index is 12.2. The van der Waals surface area contributed by atoms with Crippen molar-refractivity contribution in [3.8, 4) is 5.75 Å². The maximum Gasteiger partial charge on any atom is 0.265 e. The molecule has 1 heterocycles. The van der Waals surface area contributed by atoms with E-state index in [1.807, 2.05) is 20.8 Å². The molecule has 0 spiro atoms. The van der Waals surface area contributed by atoms with Crippen molar-refractivity contribution in [2.45, 2.75) is 39.5 Å². The minimum Gasteiger partial charge on any atom is -0.458 e. The van der Waals surface area contributed by atoms with Gasteiger partial charge in [-0.3, -0.25) is 19.4 Å². The number of aliphatic imine (C=N–C) groups is 1. The van der Waals surface area contributed by atoms with Crippen LogP contribution in [0.5, 0.6) is 5.75 Å². The Morgan fingerprint density at radius 3 is 2.38 bits per heavy atom. The molecule has 0 aliphatic rings. The van der Waals surface area contributed by atoms with Gasteiger partial charge in [-0.05, 0) is 37.3 Å². The van der Waals surface area contributed by atoms with E-state index in [2.05, 4.69) is 32.7 Å². The third-order valence-corrected chi connectivity index (χ3v) is 4.31. The summed E-state index contributed by atoms with van der Waals surface area (Å²) in [5.41, 5.74) is 0.551. The number of anilines is 2. The summed E-state index contributed by atoms with van der Waals surface area (Å²) in [6.45, 7) is 11.2. The summed E-state index contributed by atoms with van der Waals surface area (Å²) in [4.78, 5) is 39.6. The number of amides is 3. The molecule has 180 valence electrons. The Morgan fingerprint density at radius 2 is 1.79 bits per heavy atom. The van der Waals surface area contributed by atoms with Crippen LogP contribution in [-0.2, 0) is 19.8 Å². The van der Waals surface area contributed by atoms with Crippen LogP contribution >= 0.6 is 0 Å². The van der Waals surface area contributed by atoms with E-state index in [1.165, 1.54) is 19.3 Å². The standard InChI is InChI=1S/C24H29N5O5/c1-15(11-12-26-16(2)23(32)25-6)33-18-9-7-17(8-10-18)27-21(30)14-22(31)28-20-13-19(34-29-20)24(3,4)5/h7-13H,1,14H2,2-6H3,(H,25,32)(H,27,30)(H,28,29,31)/b12-11-,26-16?. The van der Waals surface area contributed by atoms with Gasteiger partial charge in [0.05, 0.1) is 0 Å². The van der Waals surface area contributed by atoms with Gasteiger partial charge in [-0.2, -0.15) is 0 Å². The Kier molecular flexibility index (Phi) is 8.88. The van der Waals surface area contributed by atoms with Gasteiger partial charge in [-0.1, -0.05) is 32.5 Å². The fraction of sp³-hybridized carbons (Fsp3) is 0.292. The van der Waals surface area contributed by atoms with Crippen molar-refractivity contribution < 1.29 is 23.6 Å². The van der Waals surface area contributed by atoms with Gasteiger partial charge >= 0.3 is 0 Å². The molecular formula is C24H29N5O5. The zero-order valence-electron chi connectivity index (χ0n) is 19.9. The molecule has 0 saturated carbocycles. The second kappa shape index (κ2) is 11.6. The van der Waals surface area contributed by atoms with Crippen LogP contribution in [0.25, 0.3) is 0 Å². The topological polar surface area (TPSA) is 135 Å². The highest BCUT2D eigenvalue weighted by molar-refractivity contribution is 6.37. The number of carbonyl (C=O) groups excluding carboxylic acids is 3. The third kappa shape index (κ3) is 8.38. The van der Waals surface area contributed by atoms with Crippen LogP contribution in [0, 0.1) is 0 Å². The number of ether oxygens (including phenoxy) is 1.